The van der Waals surface area contributed by atoms with Gasteiger partial charge in [0.15, 0.2) is 0 Å². The SMILES string of the molecule is COCc1cccc(OCC2(CN3C(=O)N[C@@](C)(c4ccccc4F)C3=O)CC2)c1. The molecule has 0 spiro atoms. The number of carbonyl (C=O) groups excluding carboxylic acids is 2. The third kappa shape index (κ3) is 3.77. The molecule has 0 unspecified atom stereocenters. The summed E-state index contributed by atoms with van der Waals surface area (Å²) in [7, 11) is 1.64. The van der Waals surface area contributed by atoms with Crippen molar-refractivity contribution in [3.8, 4) is 5.75 Å². The van der Waals surface area contributed by atoms with Crippen molar-refractivity contribution in [2.24, 2.45) is 5.41 Å². The molecule has 1 atom stereocenters. The van der Waals surface area contributed by atoms with Gasteiger partial charge in [0.25, 0.3) is 5.91 Å². The molecule has 0 aromatic heterocycles. The average Bonchev–Trinajstić information content (AvgIpc) is 3.46. The Morgan fingerprint density at radius 2 is 1.90 bits per heavy atom. The summed E-state index contributed by atoms with van der Waals surface area (Å²) >= 11 is 0. The highest BCUT2D eigenvalue weighted by Gasteiger charge is 2.55. The Bertz CT molecular complexity index is 975. The lowest BCUT2D eigenvalue weighted by atomic mass is 9.91. The van der Waals surface area contributed by atoms with Crippen molar-refractivity contribution in [2.45, 2.75) is 31.9 Å². The second kappa shape index (κ2) is 7.72. The number of imide groups is 1. The van der Waals surface area contributed by atoms with Gasteiger partial charge in [-0.1, -0.05) is 30.3 Å². The molecule has 6 nitrogen and oxygen atoms in total. The fraction of sp³-hybridized carbons (Fsp3) is 0.391. The van der Waals surface area contributed by atoms with Crippen LogP contribution in [0.3, 0.4) is 0 Å². The summed E-state index contributed by atoms with van der Waals surface area (Å²) in [6.45, 7) is 2.69. The van der Waals surface area contributed by atoms with Crippen LogP contribution in [0.25, 0.3) is 0 Å². The summed E-state index contributed by atoms with van der Waals surface area (Å²) < 4.78 is 25.4. The van der Waals surface area contributed by atoms with Gasteiger partial charge in [0, 0.05) is 24.6 Å². The van der Waals surface area contributed by atoms with Gasteiger partial charge in [0.05, 0.1) is 13.2 Å². The molecule has 1 aliphatic carbocycles. The molecular weight excluding hydrogens is 387 g/mol. The van der Waals surface area contributed by atoms with E-state index in [4.69, 9.17) is 9.47 Å². The number of ether oxygens (including phenoxy) is 2. The van der Waals surface area contributed by atoms with Gasteiger partial charge in [-0.3, -0.25) is 9.69 Å². The number of hydrogen-bond acceptors (Lipinski definition) is 4. The molecule has 1 saturated heterocycles. The molecule has 1 heterocycles. The molecule has 158 valence electrons. The predicted octanol–water partition coefficient (Wildman–Crippen LogP) is 3.60. The zero-order valence-electron chi connectivity index (χ0n) is 17.1. The van der Waals surface area contributed by atoms with Crippen LogP contribution >= 0.6 is 0 Å². The van der Waals surface area contributed by atoms with Crippen LogP contribution in [-0.4, -0.2) is 37.1 Å². The van der Waals surface area contributed by atoms with Crippen LogP contribution in [0.4, 0.5) is 9.18 Å². The van der Waals surface area contributed by atoms with Crippen LogP contribution < -0.4 is 10.1 Å². The molecule has 4 rings (SSSR count). The van der Waals surface area contributed by atoms with Crippen molar-refractivity contribution >= 4 is 11.9 Å². The predicted molar refractivity (Wildman–Crippen MR) is 108 cm³/mol. The number of nitrogens with zero attached hydrogens (tertiary/aromatic N) is 1. The standard InChI is InChI=1S/C23H25FN2O4/c1-22(18-8-3-4-9-19(18)24)20(27)26(21(28)25-22)14-23(10-11-23)15-30-17-7-5-6-16(12-17)13-29-2/h3-9,12H,10-11,13-15H2,1-2H3,(H,25,28)/t22-/m0/s1. The van der Waals surface area contributed by atoms with Gasteiger partial charge < -0.3 is 14.8 Å². The molecule has 7 heteroatoms. The minimum Gasteiger partial charge on any atom is -0.493 e. The Balaban J connectivity index is 1.45. The minimum atomic E-state index is -1.41. The summed E-state index contributed by atoms with van der Waals surface area (Å²) in [6.07, 6.45) is 1.72. The smallest absolute Gasteiger partial charge is 0.325 e. The maximum absolute atomic E-state index is 14.3. The quantitative estimate of drug-likeness (QED) is 0.673. The number of hydrogen-bond donors (Lipinski definition) is 1. The molecule has 0 radical (unpaired) electrons. The van der Waals surface area contributed by atoms with Crippen LogP contribution in [0, 0.1) is 11.2 Å². The molecule has 1 aliphatic heterocycles. The number of urea groups is 1. The lowest BCUT2D eigenvalue weighted by Gasteiger charge is -2.25. The largest absolute Gasteiger partial charge is 0.493 e. The molecule has 2 aliphatic rings. The van der Waals surface area contributed by atoms with E-state index in [9.17, 15) is 14.0 Å². The molecular formula is C23H25FN2O4. The first kappa shape index (κ1) is 20.3. The Labute approximate surface area is 175 Å². The average molecular weight is 412 g/mol. The fourth-order valence-corrected chi connectivity index (χ4v) is 3.88. The molecule has 3 amide bonds. The highest BCUT2D eigenvalue weighted by atomic mass is 19.1. The van der Waals surface area contributed by atoms with Gasteiger partial charge in [0.1, 0.15) is 17.1 Å². The van der Waals surface area contributed by atoms with Crippen molar-refractivity contribution < 1.29 is 23.5 Å². The lowest BCUT2D eigenvalue weighted by Crippen LogP contribution is -2.42. The number of rotatable bonds is 8. The van der Waals surface area contributed by atoms with Crippen LogP contribution in [0.1, 0.15) is 30.9 Å². The van der Waals surface area contributed by atoms with Crippen LogP contribution in [0.2, 0.25) is 0 Å². The van der Waals surface area contributed by atoms with E-state index in [1.165, 1.54) is 17.0 Å². The summed E-state index contributed by atoms with van der Waals surface area (Å²) in [5, 5.41) is 2.68. The van der Waals surface area contributed by atoms with E-state index in [-0.39, 0.29) is 17.5 Å². The molecule has 30 heavy (non-hydrogen) atoms. The zero-order valence-corrected chi connectivity index (χ0v) is 17.1. The van der Waals surface area contributed by atoms with E-state index in [0.717, 1.165) is 24.2 Å². The highest BCUT2D eigenvalue weighted by molar-refractivity contribution is 6.07. The minimum absolute atomic E-state index is 0.168. The van der Waals surface area contributed by atoms with E-state index in [0.29, 0.717) is 13.2 Å². The van der Waals surface area contributed by atoms with E-state index in [2.05, 4.69) is 5.32 Å². The Kier molecular flexibility index (Phi) is 5.24. The Hall–Kier alpha value is -2.93. The third-order valence-corrected chi connectivity index (χ3v) is 5.89. The van der Waals surface area contributed by atoms with Crippen molar-refractivity contribution in [2.75, 3.05) is 20.3 Å². The monoisotopic (exact) mass is 412 g/mol. The normalized spacial score (nSPS) is 22.2. The number of amides is 3. The van der Waals surface area contributed by atoms with Gasteiger partial charge >= 0.3 is 6.03 Å². The lowest BCUT2D eigenvalue weighted by molar-refractivity contribution is -0.131. The molecule has 2 aromatic rings. The van der Waals surface area contributed by atoms with Crippen LogP contribution in [0.5, 0.6) is 5.75 Å². The number of nitrogens with one attached hydrogen (secondary N) is 1. The molecule has 1 N–H and O–H groups in total. The van der Waals surface area contributed by atoms with Gasteiger partial charge in [-0.15, -0.1) is 0 Å². The molecule has 2 fully saturated rings. The first-order chi connectivity index (χ1) is 14.4. The van der Waals surface area contributed by atoms with Crippen molar-refractivity contribution in [3.05, 3.63) is 65.5 Å². The second-order valence-corrected chi connectivity index (χ2v) is 8.30. The summed E-state index contributed by atoms with van der Waals surface area (Å²) in [4.78, 5) is 26.9. The topological polar surface area (TPSA) is 67.9 Å². The Morgan fingerprint density at radius 1 is 1.13 bits per heavy atom. The van der Waals surface area contributed by atoms with Crippen LogP contribution in [0.15, 0.2) is 48.5 Å². The number of methoxy groups -OCH3 is 1. The number of halogens is 1. The van der Waals surface area contributed by atoms with Crippen LogP contribution in [-0.2, 0) is 21.7 Å². The maximum Gasteiger partial charge on any atom is 0.325 e. The summed E-state index contributed by atoms with van der Waals surface area (Å²) in [5.41, 5.74) is -0.505. The van der Waals surface area contributed by atoms with E-state index < -0.39 is 23.3 Å². The zero-order chi connectivity index (χ0) is 21.4. The van der Waals surface area contributed by atoms with Gasteiger partial charge in [0.2, 0.25) is 0 Å². The van der Waals surface area contributed by atoms with Gasteiger partial charge in [-0.25, -0.2) is 9.18 Å². The third-order valence-electron chi connectivity index (χ3n) is 5.89. The van der Waals surface area contributed by atoms with Gasteiger partial charge in [-0.05, 0) is 43.5 Å². The second-order valence-electron chi connectivity index (χ2n) is 8.30. The highest BCUT2D eigenvalue weighted by Crippen LogP contribution is 2.47. The molecule has 0 bridgehead atoms. The number of carbonyl (C=O) groups is 2. The van der Waals surface area contributed by atoms with E-state index in [1.807, 2.05) is 24.3 Å². The molecule has 2 aromatic carbocycles. The first-order valence-electron chi connectivity index (χ1n) is 9.97. The van der Waals surface area contributed by atoms with E-state index in [1.54, 1.807) is 26.2 Å². The van der Waals surface area contributed by atoms with E-state index >= 15 is 0 Å². The van der Waals surface area contributed by atoms with Crippen molar-refractivity contribution in [1.29, 1.82) is 0 Å². The van der Waals surface area contributed by atoms with Crippen molar-refractivity contribution in [1.82, 2.24) is 10.2 Å². The summed E-state index contributed by atoms with van der Waals surface area (Å²) in [5.74, 6) is -0.230. The summed E-state index contributed by atoms with van der Waals surface area (Å²) in [6, 6.07) is 13.2. The number of benzene rings is 2. The molecule has 1 saturated carbocycles. The fourth-order valence-electron chi connectivity index (χ4n) is 3.88. The van der Waals surface area contributed by atoms with Gasteiger partial charge in [-0.2, -0.15) is 0 Å². The van der Waals surface area contributed by atoms with Crippen molar-refractivity contribution in [3.63, 3.8) is 0 Å². The Morgan fingerprint density at radius 3 is 2.60 bits per heavy atom. The maximum atomic E-state index is 14.3. The first-order valence-corrected chi connectivity index (χ1v) is 9.97.